The first kappa shape index (κ1) is 14.8. The second-order valence-corrected chi connectivity index (χ2v) is 5.14. The largest absolute Gasteiger partial charge is 0.457 e. The third-order valence-corrected chi connectivity index (χ3v) is 3.20. The summed E-state index contributed by atoms with van der Waals surface area (Å²) in [5.74, 6) is 1.76. The number of benzene rings is 1. The van der Waals surface area contributed by atoms with Crippen molar-refractivity contribution in [2.24, 2.45) is 10.9 Å². The molecular formula is C16H19N3O2. The van der Waals surface area contributed by atoms with Crippen LogP contribution in [0.1, 0.15) is 36.6 Å². The monoisotopic (exact) mass is 285 g/mol. The summed E-state index contributed by atoms with van der Waals surface area (Å²) in [4.78, 5) is 4.01. The lowest BCUT2D eigenvalue weighted by Crippen LogP contribution is -2.14. The Balaban J connectivity index is 2.24. The molecule has 1 aromatic heterocycles. The summed E-state index contributed by atoms with van der Waals surface area (Å²) in [7, 11) is 0. The molecule has 2 rings (SSSR count). The maximum absolute atomic E-state index is 8.67. The fraction of sp³-hybridized carbons (Fsp3) is 0.250. The molecular weight excluding hydrogens is 266 g/mol. The van der Waals surface area contributed by atoms with E-state index in [0.29, 0.717) is 17.4 Å². The van der Waals surface area contributed by atoms with Crippen molar-refractivity contribution >= 4 is 5.84 Å². The van der Waals surface area contributed by atoms with Gasteiger partial charge in [0.2, 0.25) is 0 Å². The Bertz CT molecular complexity index is 666. The van der Waals surface area contributed by atoms with Crippen molar-refractivity contribution < 1.29 is 9.94 Å². The molecule has 1 aromatic carbocycles. The second kappa shape index (κ2) is 6.26. The molecule has 110 valence electrons. The quantitative estimate of drug-likeness (QED) is 0.390. The summed E-state index contributed by atoms with van der Waals surface area (Å²) in [6, 6.07) is 9.35. The smallest absolute Gasteiger partial charge is 0.188 e. The minimum absolute atomic E-state index is 0.0493. The maximum Gasteiger partial charge on any atom is 0.188 e. The van der Waals surface area contributed by atoms with Gasteiger partial charge in [0.1, 0.15) is 17.2 Å². The Hall–Kier alpha value is -2.56. The second-order valence-electron chi connectivity index (χ2n) is 5.14. The Labute approximate surface area is 124 Å². The van der Waals surface area contributed by atoms with Crippen LogP contribution >= 0.6 is 0 Å². The number of amidine groups is 1. The fourth-order valence-corrected chi connectivity index (χ4v) is 2.16. The number of pyridine rings is 1. The first-order valence-electron chi connectivity index (χ1n) is 6.73. The van der Waals surface area contributed by atoms with E-state index in [1.165, 1.54) is 11.1 Å². The van der Waals surface area contributed by atoms with Crippen LogP contribution in [0.5, 0.6) is 11.5 Å². The van der Waals surface area contributed by atoms with Crippen molar-refractivity contribution in [3.63, 3.8) is 0 Å². The third kappa shape index (κ3) is 3.51. The van der Waals surface area contributed by atoms with Crippen LogP contribution in [0.15, 0.2) is 41.7 Å². The Morgan fingerprint density at radius 3 is 2.57 bits per heavy atom. The van der Waals surface area contributed by atoms with E-state index < -0.39 is 0 Å². The van der Waals surface area contributed by atoms with E-state index in [-0.39, 0.29) is 5.84 Å². The standard InChI is InChI=1S/C16H19N3O2/c1-10(2)14-5-4-12(8-11(14)3)21-13-6-7-18-15(9-13)16(17)19-20/h4-10,20H,1-3H3,(H2,17,19). The number of nitrogens with two attached hydrogens (primary N) is 1. The van der Waals surface area contributed by atoms with Crippen LogP contribution in [0.25, 0.3) is 0 Å². The molecule has 5 nitrogen and oxygen atoms in total. The molecule has 0 aliphatic carbocycles. The van der Waals surface area contributed by atoms with Crippen molar-refractivity contribution in [2.75, 3.05) is 0 Å². The number of nitrogens with zero attached hydrogens (tertiary/aromatic N) is 2. The van der Waals surface area contributed by atoms with Gasteiger partial charge in [-0.1, -0.05) is 25.1 Å². The zero-order valence-corrected chi connectivity index (χ0v) is 12.4. The number of hydrogen-bond donors (Lipinski definition) is 2. The molecule has 0 aliphatic rings. The predicted octanol–water partition coefficient (Wildman–Crippen LogP) is 3.40. The predicted molar refractivity (Wildman–Crippen MR) is 82.1 cm³/mol. The van der Waals surface area contributed by atoms with Gasteiger partial charge >= 0.3 is 0 Å². The van der Waals surface area contributed by atoms with E-state index in [0.717, 1.165) is 5.75 Å². The normalized spacial score (nSPS) is 11.7. The zero-order valence-electron chi connectivity index (χ0n) is 12.4. The molecule has 0 saturated heterocycles. The summed E-state index contributed by atoms with van der Waals surface area (Å²) in [5, 5.41) is 11.6. The summed E-state index contributed by atoms with van der Waals surface area (Å²) in [6.07, 6.45) is 1.55. The van der Waals surface area contributed by atoms with Gasteiger partial charge in [-0.3, -0.25) is 4.98 Å². The van der Waals surface area contributed by atoms with Gasteiger partial charge in [-0.25, -0.2) is 0 Å². The molecule has 3 N–H and O–H groups in total. The van der Waals surface area contributed by atoms with E-state index in [1.54, 1.807) is 18.3 Å². The Morgan fingerprint density at radius 2 is 1.95 bits per heavy atom. The number of aromatic nitrogens is 1. The van der Waals surface area contributed by atoms with Crippen LogP contribution in [0.2, 0.25) is 0 Å². The van der Waals surface area contributed by atoms with E-state index in [1.807, 2.05) is 12.1 Å². The first-order chi connectivity index (χ1) is 10.0. The Morgan fingerprint density at radius 1 is 1.24 bits per heavy atom. The third-order valence-electron chi connectivity index (χ3n) is 3.20. The Kier molecular flexibility index (Phi) is 4.42. The van der Waals surface area contributed by atoms with E-state index in [4.69, 9.17) is 15.7 Å². The van der Waals surface area contributed by atoms with Gasteiger partial charge in [0, 0.05) is 12.3 Å². The highest BCUT2D eigenvalue weighted by Gasteiger charge is 2.07. The van der Waals surface area contributed by atoms with Crippen molar-refractivity contribution in [2.45, 2.75) is 26.7 Å². The van der Waals surface area contributed by atoms with E-state index in [2.05, 4.69) is 37.0 Å². The fourth-order valence-electron chi connectivity index (χ4n) is 2.16. The summed E-state index contributed by atoms with van der Waals surface area (Å²) >= 11 is 0. The summed E-state index contributed by atoms with van der Waals surface area (Å²) in [5.41, 5.74) is 8.37. The van der Waals surface area contributed by atoms with Crippen LogP contribution in [0.4, 0.5) is 0 Å². The first-order valence-corrected chi connectivity index (χ1v) is 6.73. The average molecular weight is 285 g/mol. The molecule has 0 radical (unpaired) electrons. The molecule has 1 heterocycles. The topological polar surface area (TPSA) is 80.7 Å². The minimum atomic E-state index is -0.0493. The molecule has 0 amide bonds. The van der Waals surface area contributed by atoms with Gasteiger partial charge in [-0.2, -0.15) is 0 Å². The number of hydrogen-bond acceptors (Lipinski definition) is 4. The molecule has 0 unspecified atom stereocenters. The number of rotatable bonds is 4. The number of oxime groups is 1. The van der Waals surface area contributed by atoms with E-state index >= 15 is 0 Å². The highest BCUT2D eigenvalue weighted by Crippen LogP contribution is 2.27. The van der Waals surface area contributed by atoms with Gasteiger partial charge in [0.25, 0.3) is 0 Å². The van der Waals surface area contributed by atoms with Gasteiger partial charge in [-0.15, -0.1) is 0 Å². The molecule has 0 saturated carbocycles. The lowest BCUT2D eigenvalue weighted by molar-refractivity contribution is 0.318. The molecule has 0 fully saturated rings. The molecule has 5 heteroatoms. The molecule has 0 spiro atoms. The summed E-state index contributed by atoms with van der Waals surface area (Å²) < 4.78 is 5.80. The highest BCUT2D eigenvalue weighted by molar-refractivity contribution is 5.95. The molecule has 0 bridgehead atoms. The van der Waals surface area contributed by atoms with Gasteiger partial charge < -0.3 is 15.7 Å². The van der Waals surface area contributed by atoms with Crippen LogP contribution in [-0.2, 0) is 0 Å². The van der Waals surface area contributed by atoms with Crippen LogP contribution in [0.3, 0.4) is 0 Å². The summed E-state index contributed by atoms with van der Waals surface area (Å²) in [6.45, 7) is 6.39. The van der Waals surface area contributed by atoms with E-state index in [9.17, 15) is 0 Å². The minimum Gasteiger partial charge on any atom is -0.457 e. The van der Waals surface area contributed by atoms with Gasteiger partial charge in [-0.05, 0) is 42.2 Å². The lowest BCUT2D eigenvalue weighted by Gasteiger charge is -2.12. The molecule has 0 atom stereocenters. The molecule has 21 heavy (non-hydrogen) atoms. The molecule has 2 aromatic rings. The zero-order chi connectivity index (χ0) is 15.4. The van der Waals surface area contributed by atoms with Gasteiger partial charge in [0.15, 0.2) is 5.84 Å². The maximum atomic E-state index is 8.67. The average Bonchev–Trinajstić information content (AvgIpc) is 2.46. The lowest BCUT2D eigenvalue weighted by atomic mass is 9.98. The van der Waals surface area contributed by atoms with Crippen molar-refractivity contribution in [1.29, 1.82) is 0 Å². The van der Waals surface area contributed by atoms with Crippen molar-refractivity contribution in [1.82, 2.24) is 4.98 Å². The SMILES string of the molecule is Cc1cc(Oc2ccnc(C(N)=NO)c2)ccc1C(C)C. The van der Waals surface area contributed by atoms with Crippen LogP contribution < -0.4 is 10.5 Å². The molecule has 0 aliphatic heterocycles. The number of ether oxygens (including phenoxy) is 1. The number of aryl methyl sites for hydroxylation is 1. The van der Waals surface area contributed by atoms with Crippen LogP contribution in [0, 0.1) is 6.92 Å². The van der Waals surface area contributed by atoms with Crippen molar-refractivity contribution in [3.8, 4) is 11.5 Å². The van der Waals surface area contributed by atoms with Crippen molar-refractivity contribution in [3.05, 3.63) is 53.3 Å². The van der Waals surface area contributed by atoms with Gasteiger partial charge in [0.05, 0.1) is 0 Å². The highest BCUT2D eigenvalue weighted by atomic mass is 16.5. The van der Waals surface area contributed by atoms with Crippen LogP contribution in [-0.4, -0.2) is 16.0 Å².